The van der Waals surface area contributed by atoms with Crippen LogP contribution in [0.15, 0.2) is 11.6 Å². The van der Waals surface area contributed by atoms with Gasteiger partial charge in [0.1, 0.15) is 0 Å². The van der Waals surface area contributed by atoms with Crippen molar-refractivity contribution in [1.82, 2.24) is 5.43 Å². The molecule has 2 nitrogen and oxygen atoms in total. The molecule has 1 saturated carbocycles. The third kappa shape index (κ3) is 4.71. The minimum absolute atomic E-state index is 0.0669. The standard InChI is InChI=1S/C16H27F3N2/c17-16(18,19)14-10-8-13(9-11-14)15(21-20)12-6-4-2-1-3-5-7-12/h6,13-15,21H,1-5,7-11,20H2. The number of halogens is 3. The van der Waals surface area contributed by atoms with E-state index < -0.39 is 12.1 Å². The first kappa shape index (κ1) is 16.8. The lowest BCUT2D eigenvalue weighted by Gasteiger charge is -2.35. The Morgan fingerprint density at radius 2 is 1.71 bits per heavy atom. The molecule has 0 amide bonds. The van der Waals surface area contributed by atoms with Gasteiger partial charge in [0.2, 0.25) is 0 Å². The summed E-state index contributed by atoms with van der Waals surface area (Å²) in [7, 11) is 0. The first-order chi connectivity index (χ1) is 10.0. The maximum atomic E-state index is 12.8. The first-order valence-corrected chi connectivity index (χ1v) is 8.24. The van der Waals surface area contributed by atoms with E-state index in [1.165, 1.54) is 31.3 Å². The van der Waals surface area contributed by atoms with Gasteiger partial charge in [-0.05, 0) is 57.3 Å². The van der Waals surface area contributed by atoms with Gasteiger partial charge in [-0.15, -0.1) is 0 Å². The number of alkyl halides is 3. The number of nitrogens with one attached hydrogen (secondary N) is 1. The van der Waals surface area contributed by atoms with Crippen LogP contribution in [0.2, 0.25) is 0 Å². The van der Waals surface area contributed by atoms with Gasteiger partial charge in [-0.25, -0.2) is 0 Å². The minimum Gasteiger partial charge on any atom is -0.271 e. The Morgan fingerprint density at radius 1 is 1.05 bits per heavy atom. The fourth-order valence-corrected chi connectivity index (χ4v) is 3.82. The van der Waals surface area contributed by atoms with E-state index in [0.29, 0.717) is 12.8 Å². The van der Waals surface area contributed by atoms with Gasteiger partial charge in [0.25, 0.3) is 0 Å². The summed E-state index contributed by atoms with van der Waals surface area (Å²) in [5.41, 5.74) is 4.22. The van der Waals surface area contributed by atoms with Crippen molar-refractivity contribution in [2.45, 2.75) is 76.4 Å². The van der Waals surface area contributed by atoms with E-state index in [2.05, 4.69) is 11.5 Å². The maximum Gasteiger partial charge on any atom is 0.391 e. The van der Waals surface area contributed by atoms with Crippen LogP contribution in [0.25, 0.3) is 0 Å². The average molecular weight is 304 g/mol. The Morgan fingerprint density at radius 3 is 2.33 bits per heavy atom. The molecule has 0 aromatic carbocycles. The summed E-state index contributed by atoms with van der Waals surface area (Å²) in [6.45, 7) is 0. The Labute approximate surface area is 125 Å². The summed E-state index contributed by atoms with van der Waals surface area (Å²) in [5.74, 6) is 4.87. The molecule has 2 aliphatic carbocycles. The minimum atomic E-state index is -4.03. The smallest absolute Gasteiger partial charge is 0.271 e. The van der Waals surface area contributed by atoms with Crippen LogP contribution in [0.1, 0.15) is 64.2 Å². The molecule has 21 heavy (non-hydrogen) atoms. The molecule has 0 bridgehead atoms. The van der Waals surface area contributed by atoms with Crippen molar-refractivity contribution in [3.8, 4) is 0 Å². The van der Waals surface area contributed by atoms with Gasteiger partial charge in [-0.1, -0.05) is 24.5 Å². The first-order valence-electron chi connectivity index (χ1n) is 8.24. The molecule has 2 aliphatic rings. The van der Waals surface area contributed by atoms with E-state index in [9.17, 15) is 13.2 Å². The zero-order chi connectivity index (χ0) is 15.3. The largest absolute Gasteiger partial charge is 0.391 e. The van der Waals surface area contributed by atoms with Crippen LogP contribution in [0, 0.1) is 11.8 Å². The predicted molar refractivity (Wildman–Crippen MR) is 78.4 cm³/mol. The third-order valence-corrected chi connectivity index (χ3v) is 5.11. The van der Waals surface area contributed by atoms with Crippen LogP contribution in [0.3, 0.4) is 0 Å². The van der Waals surface area contributed by atoms with Gasteiger partial charge < -0.3 is 0 Å². The highest BCUT2D eigenvalue weighted by Gasteiger charge is 2.42. The Kier molecular flexibility index (Phi) is 6.11. The molecule has 3 N–H and O–H groups in total. The van der Waals surface area contributed by atoms with Gasteiger partial charge in [-0.2, -0.15) is 13.2 Å². The van der Waals surface area contributed by atoms with Crippen molar-refractivity contribution in [1.29, 1.82) is 0 Å². The zero-order valence-corrected chi connectivity index (χ0v) is 12.6. The highest BCUT2D eigenvalue weighted by molar-refractivity contribution is 5.13. The number of allylic oxidation sites excluding steroid dienone is 1. The van der Waals surface area contributed by atoms with Crippen LogP contribution in [0.5, 0.6) is 0 Å². The molecular formula is C16H27F3N2. The molecule has 0 spiro atoms. The second-order valence-corrected chi connectivity index (χ2v) is 6.53. The fourth-order valence-electron chi connectivity index (χ4n) is 3.82. The highest BCUT2D eigenvalue weighted by atomic mass is 19.4. The molecule has 0 aliphatic heterocycles. The molecular weight excluding hydrogens is 277 g/mol. The van der Waals surface area contributed by atoms with Crippen molar-refractivity contribution in [3.05, 3.63) is 11.6 Å². The molecule has 122 valence electrons. The van der Waals surface area contributed by atoms with Crippen molar-refractivity contribution >= 4 is 0 Å². The van der Waals surface area contributed by atoms with Gasteiger partial charge in [0.05, 0.1) is 5.92 Å². The maximum absolute atomic E-state index is 12.8. The number of hydrogen-bond acceptors (Lipinski definition) is 2. The quantitative estimate of drug-likeness (QED) is 0.459. The van der Waals surface area contributed by atoms with Crippen LogP contribution in [-0.4, -0.2) is 12.2 Å². The SMILES string of the molecule is NNC(C1=CCCCCCC1)C1CCC(C(F)(F)F)CC1. The summed E-state index contributed by atoms with van der Waals surface area (Å²) >= 11 is 0. The second-order valence-electron chi connectivity index (χ2n) is 6.53. The Bertz CT molecular complexity index is 344. The molecule has 0 aromatic heterocycles. The fraction of sp³-hybridized carbons (Fsp3) is 0.875. The molecule has 2 rings (SSSR count). The van der Waals surface area contributed by atoms with Gasteiger partial charge in [0, 0.05) is 6.04 Å². The van der Waals surface area contributed by atoms with Crippen molar-refractivity contribution < 1.29 is 13.2 Å². The van der Waals surface area contributed by atoms with Crippen molar-refractivity contribution in [3.63, 3.8) is 0 Å². The summed E-state index contributed by atoms with van der Waals surface area (Å²) in [5, 5.41) is 0. The van der Waals surface area contributed by atoms with Crippen LogP contribution < -0.4 is 11.3 Å². The van der Waals surface area contributed by atoms with E-state index in [4.69, 9.17) is 5.84 Å². The molecule has 0 aromatic rings. The van der Waals surface area contributed by atoms with E-state index >= 15 is 0 Å². The molecule has 0 saturated heterocycles. The van der Waals surface area contributed by atoms with E-state index in [1.54, 1.807) is 0 Å². The summed E-state index contributed by atoms with van der Waals surface area (Å²) < 4.78 is 38.3. The lowest BCUT2D eigenvalue weighted by molar-refractivity contribution is -0.184. The normalized spacial score (nSPS) is 30.2. The topological polar surface area (TPSA) is 38.0 Å². The zero-order valence-electron chi connectivity index (χ0n) is 12.6. The number of rotatable bonds is 3. The molecule has 5 heteroatoms. The molecule has 1 unspecified atom stereocenters. The lowest BCUT2D eigenvalue weighted by Crippen LogP contribution is -2.44. The number of hydrazine groups is 1. The average Bonchev–Trinajstić information content (AvgIpc) is 2.41. The number of hydrogen-bond donors (Lipinski definition) is 2. The molecule has 0 heterocycles. The van der Waals surface area contributed by atoms with Crippen LogP contribution in [0.4, 0.5) is 13.2 Å². The molecule has 1 atom stereocenters. The van der Waals surface area contributed by atoms with E-state index in [1.807, 2.05) is 0 Å². The van der Waals surface area contributed by atoms with Gasteiger partial charge in [-0.3, -0.25) is 11.3 Å². The monoisotopic (exact) mass is 304 g/mol. The second kappa shape index (κ2) is 7.63. The van der Waals surface area contributed by atoms with Gasteiger partial charge >= 0.3 is 6.18 Å². The van der Waals surface area contributed by atoms with E-state index in [-0.39, 0.29) is 24.8 Å². The van der Waals surface area contributed by atoms with Crippen molar-refractivity contribution in [2.75, 3.05) is 0 Å². The summed E-state index contributed by atoms with van der Waals surface area (Å²) in [6.07, 6.45) is 7.00. The Hall–Kier alpha value is -0.550. The molecule has 0 radical (unpaired) electrons. The summed E-state index contributed by atoms with van der Waals surface area (Å²) in [6, 6.07) is 0.0669. The lowest BCUT2D eigenvalue weighted by atomic mass is 9.75. The van der Waals surface area contributed by atoms with Crippen molar-refractivity contribution in [2.24, 2.45) is 17.7 Å². The Balaban J connectivity index is 1.95. The number of nitrogens with two attached hydrogens (primary N) is 1. The van der Waals surface area contributed by atoms with Crippen LogP contribution in [-0.2, 0) is 0 Å². The van der Waals surface area contributed by atoms with Crippen LogP contribution >= 0.6 is 0 Å². The third-order valence-electron chi connectivity index (χ3n) is 5.11. The summed E-state index contributed by atoms with van der Waals surface area (Å²) in [4.78, 5) is 0. The molecule has 1 fully saturated rings. The van der Waals surface area contributed by atoms with E-state index in [0.717, 1.165) is 12.8 Å². The highest BCUT2D eigenvalue weighted by Crippen LogP contribution is 2.41. The van der Waals surface area contributed by atoms with Gasteiger partial charge in [0.15, 0.2) is 0 Å². The predicted octanol–water partition coefficient (Wildman–Crippen LogP) is 4.47.